The summed E-state index contributed by atoms with van der Waals surface area (Å²) in [6.07, 6.45) is 5.33. The average Bonchev–Trinajstić information content (AvgIpc) is 2.67. The Kier molecular flexibility index (Phi) is 4.26. The molecule has 0 bridgehead atoms. The van der Waals surface area contributed by atoms with Crippen LogP contribution in [0, 0.1) is 0 Å². The number of aromatic nitrogens is 1. The first-order valence-electron chi connectivity index (χ1n) is 6.67. The molecule has 0 aliphatic heterocycles. The number of rotatable bonds is 6. The van der Waals surface area contributed by atoms with E-state index in [4.69, 9.17) is 10.5 Å². The fourth-order valence-corrected chi connectivity index (χ4v) is 2.23. The number of fused-ring (bicyclic) bond motifs is 1. The molecule has 2 N–H and O–H groups in total. The molecule has 0 amide bonds. The van der Waals surface area contributed by atoms with E-state index in [1.54, 1.807) is 0 Å². The Bertz CT molecular complexity index is 516. The molecule has 0 radical (unpaired) electrons. The largest absolute Gasteiger partial charge is 0.494 e. The zero-order chi connectivity index (χ0) is 13.0. The van der Waals surface area contributed by atoms with Crippen LogP contribution in [0.2, 0.25) is 0 Å². The molecule has 3 heteroatoms. The van der Waals surface area contributed by atoms with Crippen molar-refractivity contribution in [3.63, 3.8) is 0 Å². The van der Waals surface area contributed by atoms with Gasteiger partial charge in [0, 0.05) is 24.1 Å². The van der Waals surface area contributed by atoms with Gasteiger partial charge in [-0.15, -0.1) is 0 Å². The summed E-state index contributed by atoms with van der Waals surface area (Å²) in [5.41, 5.74) is 8.20. The Balaban J connectivity index is 2.27. The van der Waals surface area contributed by atoms with E-state index in [2.05, 4.69) is 36.9 Å². The molecule has 18 heavy (non-hydrogen) atoms. The Morgan fingerprint density at radius 2 is 2.17 bits per heavy atom. The van der Waals surface area contributed by atoms with Crippen molar-refractivity contribution in [3.05, 3.63) is 30.0 Å². The molecule has 1 aromatic heterocycles. The van der Waals surface area contributed by atoms with Crippen molar-refractivity contribution in [3.8, 4) is 5.75 Å². The third-order valence-electron chi connectivity index (χ3n) is 3.22. The molecule has 0 saturated heterocycles. The first-order valence-corrected chi connectivity index (χ1v) is 6.67. The van der Waals surface area contributed by atoms with E-state index < -0.39 is 0 Å². The van der Waals surface area contributed by atoms with Crippen LogP contribution in [0.1, 0.15) is 25.3 Å². The van der Waals surface area contributed by atoms with Gasteiger partial charge in [0.2, 0.25) is 0 Å². The standard InChI is InChI=1S/C15H22N2O/c1-3-4-9-18-13-5-6-15-14(10-13)12(7-8-16)11-17(15)2/h5-6,10-11H,3-4,7-9,16H2,1-2H3. The summed E-state index contributed by atoms with van der Waals surface area (Å²) in [5.74, 6) is 0.959. The highest BCUT2D eigenvalue weighted by molar-refractivity contribution is 5.85. The summed E-state index contributed by atoms with van der Waals surface area (Å²) in [4.78, 5) is 0. The molecule has 0 aliphatic carbocycles. The molecule has 1 aromatic carbocycles. The molecule has 0 atom stereocenters. The van der Waals surface area contributed by atoms with E-state index in [0.717, 1.165) is 31.6 Å². The summed E-state index contributed by atoms with van der Waals surface area (Å²) in [5, 5.41) is 1.26. The second-order valence-electron chi connectivity index (χ2n) is 4.68. The number of nitrogens with zero attached hydrogens (tertiary/aromatic N) is 1. The number of hydrogen-bond acceptors (Lipinski definition) is 2. The molecule has 0 unspecified atom stereocenters. The van der Waals surface area contributed by atoms with Gasteiger partial charge in [-0.25, -0.2) is 0 Å². The summed E-state index contributed by atoms with van der Waals surface area (Å²) in [6.45, 7) is 3.64. The van der Waals surface area contributed by atoms with E-state index in [-0.39, 0.29) is 0 Å². The molecular weight excluding hydrogens is 224 g/mol. The van der Waals surface area contributed by atoms with Crippen LogP contribution in [0.25, 0.3) is 10.9 Å². The number of hydrogen-bond donors (Lipinski definition) is 1. The van der Waals surface area contributed by atoms with Gasteiger partial charge in [0.05, 0.1) is 6.61 Å². The number of nitrogens with two attached hydrogens (primary N) is 1. The van der Waals surface area contributed by atoms with Crippen molar-refractivity contribution in [1.29, 1.82) is 0 Å². The predicted molar refractivity (Wildman–Crippen MR) is 76.1 cm³/mol. The zero-order valence-corrected chi connectivity index (χ0v) is 11.3. The smallest absolute Gasteiger partial charge is 0.120 e. The van der Waals surface area contributed by atoms with Crippen molar-refractivity contribution in [2.24, 2.45) is 12.8 Å². The van der Waals surface area contributed by atoms with Crippen LogP contribution in [0.4, 0.5) is 0 Å². The van der Waals surface area contributed by atoms with Crippen LogP contribution in [0.5, 0.6) is 5.75 Å². The third-order valence-corrected chi connectivity index (χ3v) is 3.22. The molecule has 2 rings (SSSR count). The molecule has 0 saturated carbocycles. The Hall–Kier alpha value is -1.48. The van der Waals surface area contributed by atoms with Crippen molar-refractivity contribution in [2.75, 3.05) is 13.2 Å². The van der Waals surface area contributed by atoms with E-state index in [9.17, 15) is 0 Å². The summed E-state index contributed by atoms with van der Waals surface area (Å²) in [6, 6.07) is 6.30. The number of ether oxygens (including phenoxy) is 1. The minimum Gasteiger partial charge on any atom is -0.494 e. The quantitative estimate of drug-likeness (QED) is 0.796. The van der Waals surface area contributed by atoms with Gasteiger partial charge in [-0.1, -0.05) is 13.3 Å². The van der Waals surface area contributed by atoms with Crippen molar-refractivity contribution >= 4 is 10.9 Å². The molecule has 1 heterocycles. The number of aryl methyl sites for hydroxylation is 1. The first-order chi connectivity index (χ1) is 8.76. The van der Waals surface area contributed by atoms with Gasteiger partial charge in [0.25, 0.3) is 0 Å². The lowest BCUT2D eigenvalue weighted by Gasteiger charge is -2.06. The van der Waals surface area contributed by atoms with Crippen LogP contribution in [0.15, 0.2) is 24.4 Å². The van der Waals surface area contributed by atoms with E-state index >= 15 is 0 Å². The molecule has 0 fully saturated rings. The van der Waals surface area contributed by atoms with Crippen LogP contribution < -0.4 is 10.5 Å². The maximum absolute atomic E-state index is 5.76. The highest BCUT2D eigenvalue weighted by Crippen LogP contribution is 2.25. The highest BCUT2D eigenvalue weighted by Gasteiger charge is 2.07. The molecule has 98 valence electrons. The Labute approximate surface area is 109 Å². The molecule has 0 spiro atoms. The van der Waals surface area contributed by atoms with Gasteiger partial charge < -0.3 is 15.0 Å². The van der Waals surface area contributed by atoms with E-state index in [1.165, 1.54) is 16.5 Å². The summed E-state index contributed by atoms with van der Waals surface area (Å²) < 4.78 is 7.91. The highest BCUT2D eigenvalue weighted by atomic mass is 16.5. The second-order valence-corrected chi connectivity index (χ2v) is 4.68. The second kappa shape index (κ2) is 5.91. The number of unbranched alkanes of at least 4 members (excludes halogenated alkanes) is 1. The Morgan fingerprint density at radius 1 is 1.33 bits per heavy atom. The summed E-state index contributed by atoms with van der Waals surface area (Å²) in [7, 11) is 2.07. The predicted octanol–water partition coefficient (Wildman–Crippen LogP) is 2.86. The lowest BCUT2D eigenvalue weighted by Crippen LogP contribution is -2.02. The monoisotopic (exact) mass is 246 g/mol. The fourth-order valence-electron chi connectivity index (χ4n) is 2.23. The van der Waals surface area contributed by atoms with Crippen molar-refractivity contribution < 1.29 is 4.74 Å². The van der Waals surface area contributed by atoms with Crippen molar-refractivity contribution in [1.82, 2.24) is 4.57 Å². The lowest BCUT2D eigenvalue weighted by molar-refractivity contribution is 0.310. The van der Waals surface area contributed by atoms with Crippen LogP contribution in [-0.2, 0) is 13.5 Å². The average molecular weight is 246 g/mol. The topological polar surface area (TPSA) is 40.2 Å². The van der Waals surface area contributed by atoms with Crippen molar-refractivity contribution in [2.45, 2.75) is 26.2 Å². The van der Waals surface area contributed by atoms with Gasteiger partial charge in [-0.3, -0.25) is 0 Å². The van der Waals surface area contributed by atoms with Gasteiger partial charge >= 0.3 is 0 Å². The lowest BCUT2D eigenvalue weighted by atomic mass is 10.1. The van der Waals surface area contributed by atoms with Crippen LogP contribution in [0.3, 0.4) is 0 Å². The third kappa shape index (κ3) is 2.67. The molecule has 0 aliphatic rings. The Morgan fingerprint density at radius 3 is 2.89 bits per heavy atom. The number of benzene rings is 1. The molecular formula is C15H22N2O. The fraction of sp³-hybridized carbons (Fsp3) is 0.467. The van der Waals surface area contributed by atoms with Gasteiger partial charge in [0.1, 0.15) is 5.75 Å². The van der Waals surface area contributed by atoms with E-state index in [0.29, 0.717) is 6.54 Å². The maximum Gasteiger partial charge on any atom is 0.120 e. The minimum absolute atomic E-state index is 0.681. The normalized spacial score (nSPS) is 11.1. The maximum atomic E-state index is 5.76. The first kappa shape index (κ1) is 13.0. The van der Waals surface area contributed by atoms with Crippen LogP contribution in [-0.4, -0.2) is 17.7 Å². The summed E-state index contributed by atoms with van der Waals surface area (Å²) >= 11 is 0. The van der Waals surface area contributed by atoms with Gasteiger partial charge in [0.15, 0.2) is 0 Å². The SMILES string of the molecule is CCCCOc1ccc2c(c1)c(CCN)cn2C. The minimum atomic E-state index is 0.681. The zero-order valence-electron chi connectivity index (χ0n) is 11.3. The van der Waals surface area contributed by atoms with Crippen LogP contribution >= 0.6 is 0 Å². The van der Waals surface area contributed by atoms with Gasteiger partial charge in [-0.05, 0) is 43.1 Å². The molecule has 3 nitrogen and oxygen atoms in total. The van der Waals surface area contributed by atoms with E-state index in [1.807, 2.05) is 6.07 Å². The van der Waals surface area contributed by atoms with Gasteiger partial charge in [-0.2, -0.15) is 0 Å². The molecule has 2 aromatic rings.